The van der Waals surface area contributed by atoms with E-state index in [2.05, 4.69) is 33.2 Å². The molecule has 1 unspecified atom stereocenters. The van der Waals surface area contributed by atoms with Gasteiger partial charge in [0.15, 0.2) is 0 Å². The number of carboxylic acids is 1. The van der Waals surface area contributed by atoms with Gasteiger partial charge < -0.3 is 10.4 Å². The van der Waals surface area contributed by atoms with E-state index >= 15 is 0 Å². The molecule has 0 aliphatic heterocycles. The van der Waals surface area contributed by atoms with Crippen LogP contribution in [0, 0.1) is 9.49 Å². The Labute approximate surface area is 130 Å². The first kappa shape index (κ1) is 16.4. The van der Waals surface area contributed by atoms with Gasteiger partial charge in [-0.15, -0.1) is 0 Å². The summed E-state index contributed by atoms with van der Waals surface area (Å²) in [6.07, 6.45) is -0.113. The molecule has 1 aromatic carbocycles. The van der Waals surface area contributed by atoms with Gasteiger partial charge in [0.2, 0.25) is 5.91 Å². The lowest BCUT2D eigenvalue weighted by Gasteiger charge is -2.09. The average molecular weight is 390 g/mol. The fourth-order valence-electron chi connectivity index (χ4n) is 1.59. The van der Waals surface area contributed by atoms with E-state index in [0.717, 1.165) is 3.57 Å². The number of hydrogen-bond donors (Lipinski definition) is 3. The van der Waals surface area contributed by atoms with Crippen LogP contribution >= 0.6 is 22.6 Å². The Bertz CT molecular complexity index is 519. The zero-order valence-electron chi connectivity index (χ0n) is 10.9. The first-order valence-electron chi connectivity index (χ1n) is 5.95. The number of imide groups is 1. The van der Waals surface area contributed by atoms with E-state index in [0.29, 0.717) is 5.69 Å². The maximum absolute atomic E-state index is 11.6. The molecule has 0 radical (unpaired) electrons. The molecule has 108 valence electrons. The number of benzene rings is 1. The Morgan fingerprint density at radius 3 is 2.60 bits per heavy atom. The number of halogens is 1. The predicted octanol–water partition coefficient (Wildman–Crippen LogP) is 2.44. The van der Waals surface area contributed by atoms with Gasteiger partial charge in [0.05, 0.1) is 0 Å². The number of carboxylic acid groups (broad SMARTS) is 1. The third-order valence-corrected chi connectivity index (χ3v) is 3.06. The number of rotatable bonds is 5. The number of aliphatic carboxylic acids is 1. The standard InChI is InChI=1S/C13H15IN2O4/c1-8(6-12(18)19)5-11(17)16-13(20)15-10-4-2-3-9(14)7-10/h2-4,7-8H,5-6H2,1H3,(H,18,19)(H2,15,16,17,20). The molecule has 1 rings (SSSR count). The van der Waals surface area contributed by atoms with Crippen molar-refractivity contribution in [3.63, 3.8) is 0 Å². The highest BCUT2D eigenvalue weighted by Crippen LogP contribution is 2.12. The molecular weight excluding hydrogens is 375 g/mol. The number of anilines is 1. The summed E-state index contributed by atoms with van der Waals surface area (Å²) in [7, 11) is 0. The zero-order chi connectivity index (χ0) is 15.1. The summed E-state index contributed by atoms with van der Waals surface area (Å²) in [5.41, 5.74) is 0.584. The summed E-state index contributed by atoms with van der Waals surface area (Å²) in [5, 5.41) is 13.3. The van der Waals surface area contributed by atoms with Crippen LogP contribution in [0.2, 0.25) is 0 Å². The number of nitrogens with one attached hydrogen (secondary N) is 2. The number of urea groups is 1. The summed E-state index contributed by atoms with van der Waals surface area (Å²) in [6.45, 7) is 1.64. The topological polar surface area (TPSA) is 95.5 Å². The van der Waals surface area contributed by atoms with Crippen molar-refractivity contribution < 1.29 is 19.5 Å². The normalized spacial score (nSPS) is 11.5. The van der Waals surface area contributed by atoms with Gasteiger partial charge in [0, 0.05) is 22.1 Å². The van der Waals surface area contributed by atoms with Crippen molar-refractivity contribution in [2.45, 2.75) is 19.8 Å². The van der Waals surface area contributed by atoms with E-state index in [-0.39, 0.29) is 18.8 Å². The molecule has 20 heavy (non-hydrogen) atoms. The second-order valence-electron chi connectivity index (χ2n) is 4.42. The van der Waals surface area contributed by atoms with E-state index < -0.39 is 17.9 Å². The molecule has 0 saturated carbocycles. The van der Waals surface area contributed by atoms with Crippen LogP contribution in [0.25, 0.3) is 0 Å². The zero-order valence-corrected chi connectivity index (χ0v) is 13.0. The summed E-state index contributed by atoms with van der Waals surface area (Å²) in [4.78, 5) is 33.6. The van der Waals surface area contributed by atoms with Gasteiger partial charge in [-0.2, -0.15) is 0 Å². The monoisotopic (exact) mass is 390 g/mol. The first-order chi connectivity index (χ1) is 9.36. The Morgan fingerprint density at radius 1 is 1.30 bits per heavy atom. The van der Waals surface area contributed by atoms with Gasteiger partial charge in [-0.3, -0.25) is 14.9 Å². The number of carbonyl (C=O) groups is 3. The molecule has 0 bridgehead atoms. The largest absolute Gasteiger partial charge is 0.481 e. The minimum Gasteiger partial charge on any atom is -0.481 e. The smallest absolute Gasteiger partial charge is 0.325 e. The van der Waals surface area contributed by atoms with Crippen molar-refractivity contribution in [1.82, 2.24) is 5.32 Å². The van der Waals surface area contributed by atoms with Gasteiger partial charge in [-0.05, 0) is 46.7 Å². The van der Waals surface area contributed by atoms with E-state index in [1.165, 1.54) is 0 Å². The van der Waals surface area contributed by atoms with Crippen molar-refractivity contribution in [3.8, 4) is 0 Å². The van der Waals surface area contributed by atoms with Gasteiger partial charge in [0.25, 0.3) is 0 Å². The molecule has 1 atom stereocenters. The molecule has 0 spiro atoms. The van der Waals surface area contributed by atoms with E-state index in [1.54, 1.807) is 25.1 Å². The summed E-state index contributed by atoms with van der Waals surface area (Å²) < 4.78 is 0.960. The van der Waals surface area contributed by atoms with Crippen molar-refractivity contribution in [3.05, 3.63) is 27.8 Å². The third-order valence-electron chi connectivity index (χ3n) is 2.39. The second-order valence-corrected chi connectivity index (χ2v) is 5.67. The van der Waals surface area contributed by atoms with Crippen LogP contribution in [0.4, 0.5) is 10.5 Å². The van der Waals surface area contributed by atoms with Gasteiger partial charge in [-0.1, -0.05) is 13.0 Å². The molecule has 6 nitrogen and oxygen atoms in total. The van der Waals surface area contributed by atoms with Crippen molar-refractivity contribution in [1.29, 1.82) is 0 Å². The molecule has 7 heteroatoms. The molecular formula is C13H15IN2O4. The first-order valence-corrected chi connectivity index (χ1v) is 7.03. The van der Waals surface area contributed by atoms with Crippen LogP contribution in [0.1, 0.15) is 19.8 Å². The average Bonchev–Trinajstić information content (AvgIpc) is 2.26. The van der Waals surface area contributed by atoms with Crippen LogP contribution in [0.15, 0.2) is 24.3 Å². The Balaban J connectivity index is 2.42. The summed E-state index contributed by atoms with van der Waals surface area (Å²) in [5.74, 6) is -1.78. The lowest BCUT2D eigenvalue weighted by Crippen LogP contribution is -2.35. The molecule has 3 N–H and O–H groups in total. The van der Waals surface area contributed by atoms with E-state index in [9.17, 15) is 14.4 Å². The van der Waals surface area contributed by atoms with Crippen molar-refractivity contribution in [2.24, 2.45) is 5.92 Å². The van der Waals surface area contributed by atoms with Crippen LogP contribution in [-0.4, -0.2) is 23.0 Å². The van der Waals surface area contributed by atoms with Crippen molar-refractivity contribution >= 4 is 46.2 Å². The Hall–Kier alpha value is -1.64. The lowest BCUT2D eigenvalue weighted by atomic mass is 10.0. The summed E-state index contributed by atoms with van der Waals surface area (Å²) >= 11 is 2.11. The molecule has 0 saturated heterocycles. The van der Waals surface area contributed by atoms with E-state index in [1.807, 2.05) is 6.07 Å². The number of hydrogen-bond acceptors (Lipinski definition) is 3. The van der Waals surface area contributed by atoms with Gasteiger partial charge in [0.1, 0.15) is 0 Å². The molecule has 1 aromatic rings. The van der Waals surface area contributed by atoms with Crippen LogP contribution in [-0.2, 0) is 9.59 Å². The highest BCUT2D eigenvalue weighted by Gasteiger charge is 2.14. The molecule has 3 amide bonds. The SMILES string of the molecule is CC(CC(=O)O)CC(=O)NC(=O)Nc1cccc(I)c1. The van der Waals surface area contributed by atoms with Gasteiger partial charge >= 0.3 is 12.0 Å². The van der Waals surface area contributed by atoms with Crippen LogP contribution in [0.5, 0.6) is 0 Å². The minimum atomic E-state index is -0.964. The Kier molecular flexibility index (Phi) is 6.43. The Morgan fingerprint density at radius 2 is 2.00 bits per heavy atom. The molecule has 0 aromatic heterocycles. The quantitative estimate of drug-likeness (QED) is 0.673. The van der Waals surface area contributed by atoms with Crippen molar-refractivity contribution in [2.75, 3.05) is 5.32 Å². The lowest BCUT2D eigenvalue weighted by molar-refractivity contribution is -0.138. The van der Waals surface area contributed by atoms with Crippen LogP contribution in [0.3, 0.4) is 0 Å². The molecule has 0 aliphatic rings. The number of carbonyl (C=O) groups excluding carboxylic acids is 2. The number of amides is 3. The molecule has 0 fully saturated rings. The maximum Gasteiger partial charge on any atom is 0.325 e. The highest BCUT2D eigenvalue weighted by molar-refractivity contribution is 14.1. The molecule has 0 heterocycles. The highest BCUT2D eigenvalue weighted by atomic mass is 127. The maximum atomic E-state index is 11.6. The minimum absolute atomic E-state index is 0.00789. The fraction of sp³-hybridized carbons (Fsp3) is 0.308. The summed E-state index contributed by atoms with van der Waals surface area (Å²) in [6, 6.07) is 6.51. The predicted molar refractivity (Wildman–Crippen MR) is 82.4 cm³/mol. The second kappa shape index (κ2) is 7.83. The molecule has 0 aliphatic carbocycles. The fourth-order valence-corrected chi connectivity index (χ4v) is 2.14. The third kappa shape index (κ3) is 6.50. The van der Waals surface area contributed by atoms with Crippen LogP contribution < -0.4 is 10.6 Å². The van der Waals surface area contributed by atoms with E-state index in [4.69, 9.17) is 5.11 Å². The van der Waals surface area contributed by atoms with Gasteiger partial charge in [-0.25, -0.2) is 4.79 Å².